The third-order valence-corrected chi connectivity index (χ3v) is 1.94. The number of hydrogen-bond donors (Lipinski definition) is 2. The Morgan fingerprint density at radius 3 is 2.67 bits per heavy atom. The predicted octanol–water partition coefficient (Wildman–Crippen LogP) is 0.367. The van der Waals surface area contributed by atoms with Gasteiger partial charge in [-0.3, -0.25) is 0 Å². The molecule has 0 saturated heterocycles. The molecule has 1 fully saturated rings. The summed E-state index contributed by atoms with van der Waals surface area (Å²) >= 11 is 0. The Balaban J connectivity index is 2.05. The van der Waals surface area contributed by atoms with Crippen molar-refractivity contribution in [3.63, 3.8) is 0 Å². The number of likely N-dealkylation sites (N-methyl/N-ethyl adjacent to an activating group) is 1. The summed E-state index contributed by atoms with van der Waals surface area (Å²) in [5.74, 6) is 0.912. The van der Waals surface area contributed by atoms with Crippen LogP contribution in [0.25, 0.3) is 0 Å². The molecule has 1 aliphatic rings. The summed E-state index contributed by atoms with van der Waals surface area (Å²) in [6.07, 6.45) is 3.91. The molecule has 1 atom stereocenters. The molecule has 2 N–H and O–H groups in total. The fourth-order valence-corrected chi connectivity index (χ4v) is 1.04. The zero-order valence-corrected chi connectivity index (χ0v) is 5.93. The van der Waals surface area contributed by atoms with Crippen molar-refractivity contribution in [2.45, 2.75) is 25.3 Å². The molecule has 1 aliphatic carbocycles. The number of rotatable bonds is 4. The van der Waals surface area contributed by atoms with Gasteiger partial charge >= 0.3 is 0 Å². The van der Waals surface area contributed by atoms with E-state index < -0.39 is 0 Å². The minimum atomic E-state index is 0.285. The normalized spacial score (nSPS) is 22.0. The first-order valence-electron chi connectivity index (χ1n) is 3.65. The smallest absolute Gasteiger partial charge is 0.0584 e. The lowest BCUT2D eigenvalue weighted by Gasteiger charge is -2.10. The lowest BCUT2D eigenvalue weighted by molar-refractivity contribution is 0.238. The first-order valence-corrected chi connectivity index (χ1v) is 3.65. The van der Waals surface area contributed by atoms with Gasteiger partial charge in [-0.1, -0.05) is 12.8 Å². The van der Waals surface area contributed by atoms with Gasteiger partial charge in [0.1, 0.15) is 0 Å². The Kier molecular flexibility index (Phi) is 2.49. The van der Waals surface area contributed by atoms with Crippen molar-refractivity contribution in [1.82, 2.24) is 5.32 Å². The summed E-state index contributed by atoms with van der Waals surface area (Å²) in [6, 6.07) is 0.345. The molecule has 0 bridgehead atoms. The van der Waals surface area contributed by atoms with Crippen molar-refractivity contribution in [2.24, 2.45) is 5.92 Å². The third-order valence-electron chi connectivity index (χ3n) is 1.94. The molecule has 1 rings (SSSR count). The second kappa shape index (κ2) is 3.18. The van der Waals surface area contributed by atoms with E-state index in [2.05, 4.69) is 5.32 Å². The highest BCUT2D eigenvalue weighted by molar-refractivity contribution is 4.78. The lowest BCUT2D eigenvalue weighted by Crippen LogP contribution is -2.29. The first-order chi connectivity index (χ1) is 4.36. The highest BCUT2D eigenvalue weighted by Gasteiger charge is 2.23. The highest BCUT2D eigenvalue weighted by atomic mass is 16.3. The summed E-state index contributed by atoms with van der Waals surface area (Å²) < 4.78 is 0. The summed E-state index contributed by atoms with van der Waals surface area (Å²) in [4.78, 5) is 0. The van der Waals surface area contributed by atoms with Gasteiger partial charge in [-0.25, -0.2) is 0 Å². The van der Waals surface area contributed by atoms with E-state index in [4.69, 9.17) is 5.11 Å². The molecule has 0 amide bonds. The molecule has 0 radical (unpaired) electrons. The molecular weight excluding hydrogens is 114 g/mol. The van der Waals surface area contributed by atoms with E-state index >= 15 is 0 Å². The van der Waals surface area contributed by atoms with Crippen molar-refractivity contribution < 1.29 is 5.11 Å². The van der Waals surface area contributed by atoms with E-state index in [1.165, 1.54) is 12.8 Å². The SMILES string of the molecule is CN[C@H](CO)CC1CC1. The van der Waals surface area contributed by atoms with Crippen LogP contribution in [0, 0.1) is 5.92 Å². The van der Waals surface area contributed by atoms with E-state index in [0.29, 0.717) is 6.04 Å². The highest BCUT2D eigenvalue weighted by Crippen LogP contribution is 2.33. The van der Waals surface area contributed by atoms with Crippen LogP contribution in [0.3, 0.4) is 0 Å². The van der Waals surface area contributed by atoms with Crippen LogP contribution >= 0.6 is 0 Å². The van der Waals surface area contributed by atoms with E-state index in [1.807, 2.05) is 7.05 Å². The second-order valence-electron chi connectivity index (χ2n) is 2.85. The number of hydrogen-bond acceptors (Lipinski definition) is 2. The van der Waals surface area contributed by atoms with Crippen LogP contribution in [0.15, 0.2) is 0 Å². The first kappa shape index (κ1) is 7.03. The van der Waals surface area contributed by atoms with Gasteiger partial charge in [-0.05, 0) is 19.4 Å². The Labute approximate surface area is 56.3 Å². The molecule has 9 heavy (non-hydrogen) atoms. The van der Waals surface area contributed by atoms with Gasteiger partial charge in [0.05, 0.1) is 6.61 Å². The molecule has 1 saturated carbocycles. The maximum absolute atomic E-state index is 8.74. The van der Waals surface area contributed by atoms with Crippen molar-refractivity contribution in [1.29, 1.82) is 0 Å². The van der Waals surface area contributed by atoms with Crippen LogP contribution in [-0.4, -0.2) is 24.8 Å². The maximum atomic E-state index is 8.74. The molecule has 2 nitrogen and oxygen atoms in total. The van der Waals surface area contributed by atoms with Crippen LogP contribution < -0.4 is 5.32 Å². The van der Waals surface area contributed by atoms with Gasteiger partial charge in [-0.2, -0.15) is 0 Å². The standard InChI is InChI=1S/C7H15NO/c1-8-7(5-9)4-6-2-3-6/h6-9H,2-5H2,1H3/t7-/m0/s1. The van der Waals surface area contributed by atoms with E-state index in [-0.39, 0.29) is 6.61 Å². The Morgan fingerprint density at radius 1 is 1.67 bits per heavy atom. The van der Waals surface area contributed by atoms with Crippen molar-refractivity contribution >= 4 is 0 Å². The van der Waals surface area contributed by atoms with Crippen LogP contribution in [0.4, 0.5) is 0 Å². The lowest BCUT2D eigenvalue weighted by atomic mass is 10.1. The minimum absolute atomic E-state index is 0.285. The Bertz CT molecular complexity index is 77.0. The van der Waals surface area contributed by atoms with Crippen molar-refractivity contribution in [3.05, 3.63) is 0 Å². The monoisotopic (exact) mass is 129 g/mol. The predicted molar refractivity (Wildman–Crippen MR) is 37.3 cm³/mol. The van der Waals surface area contributed by atoms with Gasteiger partial charge in [0, 0.05) is 6.04 Å². The van der Waals surface area contributed by atoms with Gasteiger partial charge in [0.2, 0.25) is 0 Å². The van der Waals surface area contributed by atoms with Crippen LogP contribution in [0.2, 0.25) is 0 Å². The number of aliphatic hydroxyl groups excluding tert-OH is 1. The zero-order chi connectivity index (χ0) is 6.69. The molecule has 0 aromatic heterocycles. The molecule has 0 aromatic carbocycles. The largest absolute Gasteiger partial charge is 0.395 e. The van der Waals surface area contributed by atoms with E-state index in [1.54, 1.807) is 0 Å². The van der Waals surface area contributed by atoms with Gasteiger partial charge in [0.25, 0.3) is 0 Å². The Morgan fingerprint density at radius 2 is 2.33 bits per heavy atom. The van der Waals surface area contributed by atoms with Crippen LogP contribution in [-0.2, 0) is 0 Å². The van der Waals surface area contributed by atoms with Gasteiger partial charge < -0.3 is 10.4 Å². The average molecular weight is 129 g/mol. The Hall–Kier alpha value is -0.0800. The number of aliphatic hydroxyl groups is 1. The van der Waals surface area contributed by atoms with Crippen molar-refractivity contribution in [2.75, 3.05) is 13.7 Å². The number of nitrogens with one attached hydrogen (secondary N) is 1. The van der Waals surface area contributed by atoms with Gasteiger partial charge in [0.15, 0.2) is 0 Å². The summed E-state index contributed by atoms with van der Waals surface area (Å²) in [7, 11) is 1.91. The molecule has 0 spiro atoms. The summed E-state index contributed by atoms with van der Waals surface area (Å²) in [5, 5.41) is 11.8. The molecule has 2 heteroatoms. The average Bonchev–Trinajstić information content (AvgIpc) is 2.66. The molecule has 0 unspecified atom stereocenters. The topological polar surface area (TPSA) is 32.3 Å². The van der Waals surface area contributed by atoms with Crippen LogP contribution in [0.5, 0.6) is 0 Å². The van der Waals surface area contributed by atoms with Crippen molar-refractivity contribution in [3.8, 4) is 0 Å². The summed E-state index contributed by atoms with van der Waals surface area (Å²) in [5.41, 5.74) is 0. The molecule has 0 aromatic rings. The fourth-order valence-electron chi connectivity index (χ4n) is 1.04. The molecule has 0 aliphatic heterocycles. The minimum Gasteiger partial charge on any atom is -0.395 e. The maximum Gasteiger partial charge on any atom is 0.0584 e. The second-order valence-corrected chi connectivity index (χ2v) is 2.85. The summed E-state index contributed by atoms with van der Waals surface area (Å²) in [6.45, 7) is 0.285. The quantitative estimate of drug-likeness (QED) is 0.574. The molecule has 54 valence electrons. The zero-order valence-electron chi connectivity index (χ0n) is 5.93. The van der Waals surface area contributed by atoms with E-state index in [0.717, 1.165) is 12.3 Å². The molecular formula is C7H15NO. The molecule has 0 heterocycles. The van der Waals surface area contributed by atoms with Gasteiger partial charge in [-0.15, -0.1) is 0 Å². The fraction of sp³-hybridized carbons (Fsp3) is 1.00. The third kappa shape index (κ3) is 2.33. The van der Waals surface area contributed by atoms with E-state index in [9.17, 15) is 0 Å². The van der Waals surface area contributed by atoms with Crippen LogP contribution in [0.1, 0.15) is 19.3 Å².